The minimum absolute atomic E-state index is 0.404. The second-order valence-electron chi connectivity index (χ2n) is 6.07. The minimum atomic E-state index is -0.404. The molecule has 3 rings (SSSR count). The monoisotopic (exact) mass is 341 g/mol. The summed E-state index contributed by atoms with van der Waals surface area (Å²) >= 11 is 5.98. The zero-order valence-corrected chi connectivity index (χ0v) is 14.7. The maximum atomic E-state index is 5.98. The number of aryl methyl sites for hydroxylation is 1. The summed E-state index contributed by atoms with van der Waals surface area (Å²) in [6, 6.07) is 15.8. The molecule has 1 heterocycles. The highest BCUT2D eigenvalue weighted by atomic mass is 35.5. The zero-order valence-electron chi connectivity index (χ0n) is 14.0. The molecule has 5 nitrogen and oxygen atoms in total. The number of benzene rings is 2. The van der Waals surface area contributed by atoms with Crippen molar-refractivity contribution in [2.24, 2.45) is 0 Å². The molecule has 1 N–H and O–H groups in total. The molecule has 0 aliphatic heterocycles. The first-order valence-electron chi connectivity index (χ1n) is 7.91. The Labute approximate surface area is 146 Å². The number of hydrogen-bond acceptors (Lipinski definition) is 4. The number of hydrogen-bond donors (Lipinski definition) is 1. The van der Waals surface area contributed by atoms with Crippen LogP contribution < -0.4 is 5.32 Å². The summed E-state index contributed by atoms with van der Waals surface area (Å²) in [5, 5.41) is 16.6. The van der Waals surface area contributed by atoms with Crippen LogP contribution in [0.1, 0.15) is 31.7 Å². The highest BCUT2D eigenvalue weighted by Crippen LogP contribution is 2.29. The molecule has 0 aliphatic rings. The van der Waals surface area contributed by atoms with Gasteiger partial charge in [0, 0.05) is 10.7 Å². The molecule has 0 saturated carbocycles. The highest BCUT2D eigenvalue weighted by molar-refractivity contribution is 6.30. The van der Waals surface area contributed by atoms with Gasteiger partial charge in [0.05, 0.1) is 11.2 Å². The molecule has 0 aliphatic carbocycles. The molecule has 3 aromatic rings. The van der Waals surface area contributed by atoms with Crippen LogP contribution >= 0.6 is 11.6 Å². The Morgan fingerprint density at radius 1 is 1.08 bits per heavy atom. The van der Waals surface area contributed by atoms with Gasteiger partial charge in [0.15, 0.2) is 5.82 Å². The summed E-state index contributed by atoms with van der Waals surface area (Å²) in [6.45, 7) is 6.29. The van der Waals surface area contributed by atoms with Crippen LogP contribution in [-0.2, 0) is 5.54 Å². The van der Waals surface area contributed by atoms with Crippen LogP contribution in [0.4, 0.5) is 5.69 Å². The smallest absolute Gasteiger partial charge is 0.181 e. The van der Waals surface area contributed by atoms with E-state index in [0.717, 1.165) is 23.6 Å². The minimum Gasteiger partial charge on any atom is -0.373 e. The number of rotatable bonds is 5. The van der Waals surface area contributed by atoms with Crippen LogP contribution in [0, 0.1) is 6.92 Å². The number of anilines is 1. The molecule has 0 fully saturated rings. The number of nitrogens with one attached hydrogen (secondary N) is 1. The lowest BCUT2D eigenvalue weighted by Gasteiger charge is -2.29. The SMILES string of the molecule is CC[C@@](C)(Nc1ccc(C)cc1)c1nnnn1-c1ccc(Cl)cc1. The Balaban J connectivity index is 1.97. The van der Waals surface area contributed by atoms with Gasteiger partial charge in [-0.3, -0.25) is 0 Å². The van der Waals surface area contributed by atoms with E-state index in [1.54, 1.807) is 4.68 Å². The van der Waals surface area contributed by atoms with Crippen LogP contribution in [0.15, 0.2) is 48.5 Å². The van der Waals surface area contributed by atoms with Gasteiger partial charge in [0.1, 0.15) is 0 Å². The summed E-state index contributed by atoms with van der Waals surface area (Å²) in [6.07, 6.45) is 0.828. The third-order valence-corrected chi connectivity index (χ3v) is 4.47. The van der Waals surface area contributed by atoms with E-state index in [9.17, 15) is 0 Å². The molecule has 0 radical (unpaired) electrons. The van der Waals surface area contributed by atoms with Gasteiger partial charge in [-0.05, 0) is 67.1 Å². The summed E-state index contributed by atoms with van der Waals surface area (Å²) < 4.78 is 1.75. The average molecular weight is 342 g/mol. The van der Waals surface area contributed by atoms with E-state index in [-0.39, 0.29) is 0 Å². The van der Waals surface area contributed by atoms with Crippen molar-refractivity contribution in [3.05, 3.63) is 64.9 Å². The average Bonchev–Trinajstić information content (AvgIpc) is 3.08. The van der Waals surface area contributed by atoms with Gasteiger partial charge in [-0.1, -0.05) is 36.2 Å². The van der Waals surface area contributed by atoms with Crippen molar-refractivity contribution in [2.45, 2.75) is 32.7 Å². The van der Waals surface area contributed by atoms with Crippen molar-refractivity contribution >= 4 is 17.3 Å². The van der Waals surface area contributed by atoms with Crippen LogP contribution in [0.25, 0.3) is 5.69 Å². The molecule has 0 spiro atoms. The fraction of sp³-hybridized carbons (Fsp3) is 0.278. The molecule has 6 heteroatoms. The Hall–Kier alpha value is -2.40. The summed E-state index contributed by atoms with van der Waals surface area (Å²) in [5.41, 5.74) is 2.74. The molecule has 0 saturated heterocycles. The predicted octanol–water partition coefficient (Wildman–Crippen LogP) is 4.36. The normalized spacial score (nSPS) is 13.5. The molecule has 0 bridgehead atoms. The predicted molar refractivity (Wildman–Crippen MR) is 96.6 cm³/mol. The van der Waals surface area contributed by atoms with E-state index in [1.165, 1.54) is 5.56 Å². The Morgan fingerprint density at radius 3 is 2.38 bits per heavy atom. The molecule has 1 aromatic heterocycles. The van der Waals surface area contributed by atoms with Gasteiger partial charge in [-0.2, -0.15) is 4.68 Å². The van der Waals surface area contributed by atoms with Gasteiger partial charge in [0.2, 0.25) is 0 Å². The second-order valence-corrected chi connectivity index (χ2v) is 6.50. The van der Waals surface area contributed by atoms with Crippen molar-refractivity contribution in [3.8, 4) is 5.69 Å². The molecule has 1 atom stereocenters. The lowest BCUT2D eigenvalue weighted by atomic mass is 9.96. The standard InChI is InChI=1S/C18H20ClN5/c1-4-18(3,20-15-9-5-13(2)6-10-15)17-21-22-23-24(17)16-11-7-14(19)8-12-16/h5-12,20H,4H2,1-3H3/t18-/m1/s1. The van der Waals surface area contributed by atoms with Crippen LogP contribution in [0.5, 0.6) is 0 Å². The van der Waals surface area contributed by atoms with Crippen molar-refractivity contribution < 1.29 is 0 Å². The van der Waals surface area contributed by atoms with Crippen LogP contribution in [0.2, 0.25) is 5.02 Å². The Morgan fingerprint density at radius 2 is 1.75 bits per heavy atom. The lowest BCUT2D eigenvalue weighted by Crippen LogP contribution is -2.34. The van der Waals surface area contributed by atoms with E-state index in [4.69, 9.17) is 11.6 Å². The van der Waals surface area contributed by atoms with Gasteiger partial charge < -0.3 is 5.32 Å². The Bertz CT molecular complexity index is 810. The van der Waals surface area contributed by atoms with E-state index in [1.807, 2.05) is 24.3 Å². The summed E-state index contributed by atoms with van der Waals surface area (Å²) in [7, 11) is 0. The molecule has 0 unspecified atom stereocenters. The largest absolute Gasteiger partial charge is 0.373 e. The van der Waals surface area contributed by atoms with Crippen LogP contribution in [-0.4, -0.2) is 20.2 Å². The van der Waals surface area contributed by atoms with Gasteiger partial charge in [0.25, 0.3) is 0 Å². The maximum absolute atomic E-state index is 5.98. The quantitative estimate of drug-likeness (QED) is 0.749. The van der Waals surface area contributed by atoms with E-state index in [0.29, 0.717) is 5.02 Å². The highest BCUT2D eigenvalue weighted by Gasteiger charge is 2.31. The fourth-order valence-electron chi connectivity index (χ4n) is 2.55. The molecule has 24 heavy (non-hydrogen) atoms. The van der Waals surface area contributed by atoms with E-state index in [2.05, 4.69) is 65.9 Å². The van der Waals surface area contributed by atoms with Crippen LogP contribution in [0.3, 0.4) is 0 Å². The number of nitrogens with zero attached hydrogens (tertiary/aromatic N) is 4. The number of tetrazole rings is 1. The fourth-order valence-corrected chi connectivity index (χ4v) is 2.67. The van der Waals surface area contributed by atoms with Crippen molar-refractivity contribution in [3.63, 3.8) is 0 Å². The summed E-state index contributed by atoms with van der Waals surface area (Å²) in [5.74, 6) is 0.757. The molecule has 124 valence electrons. The van der Waals surface area contributed by atoms with E-state index >= 15 is 0 Å². The van der Waals surface area contributed by atoms with Crippen molar-refractivity contribution in [1.29, 1.82) is 0 Å². The van der Waals surface area contributed by atoms with Gasteiger partial charge in [-0.25, -0.2) is 0 Å². The van der Waals surface area contributed by atoms with E-state index < -0.39 is 5.54 Å². The zero-order chi connectivity index (χ0) is 17.2. The van der Waals surface area contributed by atoms with Crippen molar-refractivity contribution in [1.82, 2.24) is 20.2 Å². The lowest BCUT2D eigenvalue weighted by molar-refractivity contribution is 0.474. The number of aromatic nitrogens is 4. The van der Waals surface area contributed by atoms with Gasteiger partial charge in [-0.15, -0.1) is 5.10 Å². The first kappa shape index (κ1) is 16.5. The topological polar surface area (TPSA) is 55.6 Å². The Kier molecular flexibility index (Phi) is 4.53. The van der Waals surface area contributed by atoms with Gasteiger partial charge >= 0.3 is 0 Å². The molecule has 0 amide bonds. The third kappa shape index (κ3) is 3.26. The molecule has 2 aromatic carbocycles. The first-order valence-corrected chi connectivity index (χ1v) is 8.29. The first-order chi connectivity index (χ1) is 11.5. The maximum Gasteiger partial charge on any atom is 0.181 e. The second kappa shape index (κ2) is 6.61. The summed E-state index contributed by atoms with van der Waals surface area (Å²) in [4.78, 5) is 0. The molecular weight excluding hydrogens is 322 g/mol. The third-order valence-electron chi connectivity index (χ3n) is 4.21. The number of halogens is 1. The van der Waals surface area contributed by atoms with Crippen molar-refractivity contribution in [2.75, 3.05) is 5.32 Å². The molecular formula is C18H20ClN5.